The number of ketones is 1. The first-order valence-corrected chi connectivity index (χ1v) is 8.89. The number of hydrogen-bond acceptors (Lipinski definition) is 4. The number of hydrogen-bond donors (Lipinski definition) is 0. The smallest absolute Gasteiger partial charge is 0.177 e. The number of carbonyl (C=O) groups excluding carboxylic acids is 1. The van der Waals surface area contributed by atoms with E-state index in [2.05, 4.69) is 0 Å². The normalized spacial score (nSPS) is 10.5. The fraction of sp³-hybridized carbons (Fsp3) is 0.150. The molecule has 0 amide bonds. The Morgan fingerprint density at radius 2 is 1.60 bits per heavy atom. The van der Waals surface area contributed by atoms with Gasteiger partial charge in [0.05, 0.1) is 19.1 Å². The first-order chi connectivity index (χ1) is 12.1. The highest BCUT2D eigenvalue weighted by Crippen LogP contribution is 2.30. The van der Waals surface area contributed by atoms with Crippen LogP contribution >= 0.6 is 22.9 Å². The third-order valence-electron chi connectivity index (χ3n) is 3.79. The zero-order valence-corrected chi connectivity index (χ0v) is 15.5. The molecular weight excluding hydrogens is 356 g/mol. The zero-order chi connectivity index (χ0) is 17.8. The molecule has 128 valence electrons. The van der Waals surface area contributed by atoms with E-state index in [0.717, 1.165) is 20.9 Å². The first kappa shape index (κ1) is 17.5. The van der Waals surface area contributed by atoms with Gasteiger partial charge in [-0.25, -0.2) is 0 Å². The van der Waals surface area contributed by atoms with Crippen LogP contribution in [0.1, 0.15) is 15.2 Å². The van der Waals surface area contributed by atoms with E-state index in [1.165, 1.54) is 11.3 Å². The molecule has 0 radical (unpaired) electrons. The highest BCUT2D eigenvalue weighted by Gasteiger charge is 2.13. The Labute approximate surface area is 155 Å². The lowest BCUT2D eigenvalue weighted by atomic mass is 10.1. The number of thiophene rings is 1. The van der Waals surface area contributed by atoms with Crippen molar-refractivity contribution in [3.05, 3.63) is 70.1 Å². The van der Waals surface area contributed by atoms with Crippen molar-refractivity contribution in [2.45, 2.75) is 6.42 Å². The van der Waals surface area contributed by atoms with E-state index in [4.69, 9.17) is 21.1 Å². The van der Waals surface area contributed by atoms with Crippen LogP contribution in [-0.4, -0.2) is 20.0 Å². The minimum atomic E-state index is 0.0699. The predicted molar refractivity (Wildman–Crippen MR) is 102 cm³/mol. The molecule has 5 heteroatoms. The molecule has 3 aromatic rings. The van der Waals surface area contributed by atoms with E-state index in [0.29, 0.717) is 22.9 Å². The second-order valence-electron chi connectivity index (χ2n) is 5.49. The maximum absolute atomic E-state index is 12.6. The Morgan fingerprint density at radius 3 is 2.20 bits per heavy atom. The zero-order valence-electron chi connectivity index (χ0n) is 13.9. The number of benzene rings is 2. The average molecular weight is 373 g/mol. The molecule has 0 unspecified atom stereocenters. The first-order valence-electron chi connectivity index (χ1n) is 7.70. The standard InChI is InChI=1S/C20H17ClO3S/c1-23-16-9-13(10-17(12-16)24-2)11-18(22)20-8-7-19(25-20)14-3-5-15(21)6-4-14/h3-10,12H,11H2,1-2H3. The van der Waals surface area contributed by atoms with Gasteiger partial charge >= 0.3 is 0 Å². The molecule has 1 aromatic heterocycles. The Kier molecular flexibility index (Phi) is 5.41. The second kappa shape index (κ2) is 7.72. The van der Waals surface area contributed by atoms with Crippen molar-refractivity contribution in [3.8, 4) is 21.9 Å². The molecule has 2 aromatic carbocycles. The van der Waals surface area contributed by atoms with E-state index < -0.39 is 0 Å². The summed E-state index contributed by atoms with van der Waals surface area (Å²) in [5.41, 5.74) is 1.92. The lowest BCUT2D eigenvalue weighted by Crippen LogP contribution is -2.02. The number of ether oxygens (including phenoxy) is 2. The largest absolute Gasteiger partial charge is 0.497 e. The van der Waals surface area contributed by atoms with Crippen LogP contribution in [0.15, 0.2) is 54.6 Å². The Morgan fingerprint density at radius 1 is 0.960 bits per heavy atom. The summed E-state index contributed by atoms with van der Waals surface area (Å²) in [6.45, 7) is 0. The summed E-state index contributed by atoms with van der Waals surface area (Å²) in [6.07, 6.45) is 0.300. The third-order valence-corrected chi connectivity index (χ3v) is 5.21. The topological polar surface area (TPSA) is 35.5 Å². The van der Waals surface area contributed by atoms with E-state index >= 15 is 0 Å². The summed E-state index contributed by atoms with van der Waals surface area (Å²) in [6, 6.07) is 16.9. The number of halogens is 1. The highest BCUT2D eigenvalue weighted by atomic mass is 35.5. The lowest BCUT2D eigenvalue weighted by molar-refractivity contribution is 0.0997. The van der Waals surface area contributed by atoms with Gasteiger partial charge in [0.15, 0.2) is 5.78 Å². The van der Waals surface area contributed by atoms with Crippen LogP contribution in [-0.2, 0) is 6.42 Å². The molecule has 0 aliphatic heterocycles. The van der Waals surface area contributed by atoms with Gasteiger partial charge in [-0.2, -0.15) is 0 Å². The van der Waals surface area contributed by atoms with Crippen molar-refractivity contribution < 1.29 is 14.3 Å². The van der Waals surface area contributed by atoms with Crippen LogP contribution in [0.4, 0.5) is 0 Å². The Balaban J connectivity index is 1.79. The van der Waals surface area contributed by atoms with Crippen molar-refractivity contribution in [3.63, 3.8) is 0 Å². The Bertz CT molecular complexity index is 862. The molecule has 0 aliphatic carbocycles. The van der Waals surface area contributed by atoms with Crippen LogP contribution in [0.3, 0.4) is 0 Å². The SMILES string of the molecule is COc1cc(CC(=O)c2ccc(-c3ccc(Cl)cc3)s2)cc(OC)c1. The fourth-order valence-electron chi connectivity index (χ4n) is 2.50. The summed E-state index contributed by atoms with van der Waals surface area (Å²) in [5, 5.41) is 0.698. The van der Waals surface area contributed by atoms with Crippen molar-refractivity contribution in [2.24, 2.45) is 0 Å². The molecule has 3 rings (SSSR count). The van der Waals surface area contributed by atoms with E-state index in [9.17, 15) is 4.79 Å². The fourth-order valence-corrected chi connectivity index (χ4v) is 3.57. The molecule has 0 aliphatic rings. The summed E-state index contributed by atoms with van der Waals surface area (Å²) in [7, 11) is 3.19. The van der Waals surface area contributed by atoms with Gasteiger partial charge in [-0.05, 0) is 47.5 Å². The molecule has 0 saturated carbocycles. The van der Waals surface area contributed by atoms with Gasteiger partial charge in [0, 0.05) is 22.4 Å². The van der Waals surface area contributed by atoms with Crippen molar-refractivity contribution >= 4 is 28.7 Å². The summed E-state index contributed by atoms with van der Waals surface area (Å²) >= 11 is 7.41. The van der Waals surface area contributed by atoms with Crippen LogP contribution in [0.5, 0.6) is 11.5 Å². The number of carbonyl (C=O) groups is 1. The van der Waals surface area contributed by atoms with E-state index in [1.807, 2.05) is 48.5 Å². The van der Waals surface area contributed by atoms with Crippen LogP contribution in [0.25, 0.3) is 10.4 Å². The maximum atomic E-state index is 12.6. The minimum Gasteiger partial charge on any atom is -0.497 e. The molecule has 0 atom stereocenters. The van der Waals surface area contributed by atoms with Gasteiger partial charge in [-0.15, -0.1) is 11.3 Å². The van der Waals surface area contributed by atoms with E-state index in [-0.39, 0.29) is 5.78 Å². The quantitative estimate of drug-likeness (QED) is 0.535. The summed E-state index contributed by atoms with van der Waals surface area (Å²) in [5.74, 6) is 1.42. The second-order valence-corrected chi connectivity index (χ2v) is 7.01. The van der Waals surface area contributed by atoms with Gasteiger partial charge in [0.25, 0.3) is 0 Å². The van der Waals surface area contributed by atoms with Gasteiger partial charge in [-0.3, -0.25) is 4.79 Å². The highest BCUT2D eigenvalue weighted by molar-refractivity contribution is 7.17. The molecular formula is C20H17ClO3S. The molecule has 25 heavy (non-hydrogen) atoms. The monoisotopic (exact) mass is 372 g/mol. The molecule has 0 fully saturated rings. The van der Waals surface area contributed by atoms with E-state index in [1.54, 1.807) is 20.3 Å². The molecule has 0 spiro atoms. The predicted octanol–water partition coefficient (Wildman–Crippen LogP) is 5.51. The van der Waals surface area contributed by atoms with Gasteiger partial charge in [0.2, 0.25) is 0 Å². The average Bonchev–Trinajstić information content (AvgIpc) is 3.12. The van der Waals surface area contributed by atoms with Crippen molar-refractivity contribution in [2.75, 3.05) is 14.2 Å². The maximum Gasteiger partial charge on any atom is 0.177 e. The van der Waals surface area contributed by atoms with Crippen LogP contribution in [0, 0.1) is 0 Å². The summed E-state index contributed by atoms with van der Waals surface area (Å²) in [4.78, 5) is 14.4. The van der Waals surface area contributed by atoms with Gasteiger partial charge < -0.3 is 9.47 Å². The van der Waals surface area contributed by atoms with Crippen LogP contribution < -0.4 is 9.47 Å². The minimum absolute atomic E-state index is 0.0699. The van der Waals surface area contributed by atoms with Crippen molar-refractivity contribution in [1.82, 2.24) is 0 Å². The number of Topliss-reactive ketones (excluding diaryl/α,β-unsaturated/α-hetero) is 1. The third kappa shape index (κ3) is 4.21. The lowest BCUT2D eigenvalue weighted by Gasteiger charge is -2.07. The van der Waals surface area contributed by atoms with Gasteiger partial charge in [0.1, 0.15) is 11.5 Å². The van der Waals surface area contributed by atoms with Crippen LogP contribution in [0.2, 0.25) is 5.02 Å². The number of rotatable bonds is 6. The molecule has 0 bridgehead atoms. The molecule has 0 N–H and O–H groups in total. The number of methoxy groups -OCH3 is 2. The molecule has 1 heterocycles. The Hall–Kier alpha value is -2.30. The summed E-state index contributed by atoms with van der Waals surface area (Å²) < 4.78 is 10.5. The molecule has 3 nitrogen and oxygen atoms in total. The molecule has 0 saturated heterocycles. The van der Waals surface area contributed by atoms with Crippen molar-refractivity contribution in [1.29, 1.82) is 0 Å². The van der Waals surface area contributed by atoms with Gasteiger partial charge in [-0.1, -0.05) is 23.7 Å².